The molecule has 0 unspecified atom stereocenters. The Morgan fingerprint density at radius 3 is 2.72 bits per heavy atom. The van der Waals surface area contributed by atoms with Gasteiger partial charge in [0.15, 0.2) is 0 Å². The van der Waals surface area contributed by atoms with Crippen molar-refractivity contribution in [1.29, 1.82) is 0 Å². The highest BCUT2D eigenvalue weighted by Crippen LogP contribution is 2.27. The highest BCUT2D eigenvalue weighted by atomic mass is 35.5. The molecule has 0 radical (unpaired) electrons. The quantitative estimate of drug-likeness (QED) is 0.824. The third-order valence-corrected chi connectivity index (χ3v) is 2.39. The summed E-state index contributed by atoms with van der Waals surface area (Å²) < 4.78 is 4.74. The maximum atomic E-state index is 11.3. The van der Waals surface area contributed by atoms with E-state index in [0.717, 1.165) is 0 Å². The zero-order valence-electron chi connectivity index (χ0n) is 9.70. The Kier molecular flexibility index (Phi) is 4.74. The summed E-state index contributed by atoms with van der Waals surface area (Å²) in [6.07, 6.45) is 0.754. The van der Waals surface area contributed by atoms with E-state index < -0.39 is 12.1 Å². The van der Waals surface area contributed by atoms with Crippen molar-refractivity contribution in [2.75, 3.05) is 11.9 Å². The van der Waals surface area contributed by atoms with Crippen LogP contribution < -0.4 is 5.32 Å². The van der Waals surface area contributed by atoms with Crippen molar-refractivity contribution in [2.24, 2.45) is 0 Å². The van der Waals surface area contributed by atoms with Gasteiger partial charge in [0.1, 0.15) is 6.61 Å². The second-order valence-electron chi connectivity index (χ2n) is 3.47. The molecule has 0 aliphatic carbocycles. The van der Waals surface area contributed by atoms with Crippen LogP contribution in [0.25, 0.3) is 0 Å². The molecule has 0 aliphatic rings. The summed E-state index contributed by atoms with van der Waals surface area (Å²) in [4.78, 5) is 22.1. The van der Waals surface area contributed by atoms with E-state index in [1.54, 1.807) is 6.92 Å². The zero-order valence-corrected chi connectivity index (χ0v) is 10.5. The predicted molar refractivity (Wildman–Crippen MR) is 68.3 cm³/mol. The maximum absolute atomic E-state index is 11.3. The minimum Gasteiger partial charge on any atom is -0.478 e. The molecule has 1 rings (SSSR count). The van der Waals surface area contributed by atoms with Gasteiger partial charge in [0.2, 0.25) is 0 Å². The monoisotopic (exact) mass is 269 g/mol. The summed E-state index contributed by atoms with van der Waals surface area (Å²) in [6, 6.07) is 2.68. The standard InChI is InChI=1S/C12H12ClNO4/c1-3-4-18-12(17)14-10-7(2)5-8(11(15)16)6-9(10)13/h3,5-6H,1,4H2,2H3,(H,14,17)(H,15,16). The fraction of sp³-hybridized carbons (Fsp3) is 0.167. The second kappa shape index (κ2) is 6.07. The number of ether oxygens (including phenoxy) is 1. The Labute approximate surface area is 109 Å². The molecule has 0 spiro atoms. The van der Waals surface area contributed by atoms with E-state index >= 15 is 0 Å². The van der Waals surface area contributed by atoms with Gasteiger partial charge in [-0.05, 0) is 24.6 Å². The first-order valence-electron chi connectivity index (χ1n) is 5.03. The van der Waals surface area contributed by atoms with Gasteiger partial charge in [-0.25, -0.2) is 9.59 Å². The number of aromatic carboxylic acids is 1. The van der Waals surface area contributed by atoms with E-state index in [2.05, 4.69) is 11.9 Å². The van der Waals surface area contributed by atoms with Gasteiger partial charge in [-0.1, -0.05) is 24.3 Å². The van der Waals surface area contributed by atoms with Gasteiger partial charge < -0.3 is 9.84 Å². The summed E-state index contributed by atoms with van der Waals surface area (Å²) in [5.74, 6) is -1.08. The second-order valence-corrected chi connectivity index (χ2v) is 3.87. The third-order valence-electron chi connectivity index (χ3n) is 2.09. The van der Waals surface area contributed by atoms with Crippen LogP contribution in [0.15, 0.2) is 24.8 Å². The zero-order chi connectivity index (χ0) is 13.7. The summed E-state index contributed by atoms with van der Waals surface area (Å²) in [5.41, 5.74) is 0.925. The first-order valence-corrected chi connectivity index (χ1v) is 5.41. The number of rotatable bonds is 4. The smallest absolute Gasteiger partial charge is 0.411 e. The summed E-state index contributed by atoms with van der Waals surface area (Å²) in [6.45, 7) is 5.13. The first-order chi connectivity index (χ1) is 8.45. The van der Waals surface area contributed by atoms with Crippen LogP contribution in [0.5, 0.6) is 0 Å². The molecule has 0 saturated carbocycles. The van der Waals surface area contributed by atoms with Crippen molar-refractivity contribution >= 4 is 29.4 Å². The number of carboxylic acids is 1. The van der Waals surface area contributed by atoms with Crippen LogP contribution in [0.2, 0.25) is 5.02 Å². The lowest BCUT2D eigenvalue weighted by Gasteiger charge is -2.11. The fourth-order valence-corrected chi connectivity index (χ4v) is 1.61. The molecule has 1 aromatic carbocycles. The summed E-state index contributed by atoms with van der Waals surface area (Å²) in [7, 11) is 0. The highest BCUT2D eigenvalue weighted by Gasteiger charge is 2.13. The number of carbonyl (C=O) groups is 2. The molecule has 0 aromatic heterocycles. The molecule has 2 N–H and O–H groups in total. The SMILES string of the molecule is C=CCOC(=O)Nc1c(C)cc(C(=O)O)cc1Cl. The van der Waals surface area contributed by atoms with Crippen LogP contribution in [-0.2, 0) is 4.74 Å². The molecule has 0 atom stereocenters. The van der Waals surface area contributed by atoms with Gasteiger partial charge in [0.25, 0.3) is 0 Å². The molecule has 0 fully saturated rings. The molecule has 0 aliphatic heterocycles. The van der Waals surface area contributed by atoms with Gasteiger partial charge in [-0.2, -0.15) is 0 Å². The Balaban J connectivity index is 2.93. The van der Waals surface area contributed by atoms with E-state index in [0.29, 0.717) is 11.3 Å². The fourth-order valence-electron chi connectivity index (χ4n) is 1.30. The molecule has 0 bridgehead atoms. The van der Waals surface area contributed by atoms with Crippen molar-refractivity contribution in [3.8, 4) is 0 Å². The molecule has 1 amide bonds. The number of hydrogen-bond acceptors (Lipinski definition) is 3. The third kappa shape index (κ3) is 3.49. The Bertz CT molecular complexity index is 476. The number of anilines is 1. The molecule has 18 heavy (non-hydrogen) atoms. The number of amides is 1. The Morgan fingerprint density at radius 2 is 2.22 bits per heavy atom. The van der Waals surface area contributed by atoms with E-state index in [1.165, 1.54) is 18.2 Å². The Morgan fingerprint density at radius 1 is 1.56 bits per heavy atom. The molecular weight excluding hydrogens is 258 g/mol. The molecular formula is C12H12ClNO4. The van der Waals surface area contributed by atoms with Crippen molar-refractivity contribution in [3.05, 3.63) is 40.9 Å². The van der Waals surface area contributed by atoms with Gasteiger partial charge >= 0.3 is 12.1 Å². The number of hydrogen-bond donors (Lipinski definition) is 2. The van der Waals surface area contributed by atoms with Crippen molar-refractivity contribution in [1.82, 2.24) is 0 Å². The van der Waals surface area contributed by atoms with Crippen LogP contribution >= 0.6 is 11.6 Å². The first kappa shape index (κ1) is 14.1. The lowest BCUT2D eigenvalue weighted by Crippen LogP contribution is -2.15. The molecule has 96 valence electrons. The van der Waals surface area contributed by atoms with Gasteiger partial charge in [-0.15, -0.1) is 0 Å². The summed E-state index contributed by atoms with van der Waals surface area (Å²) >= 11 is 5.90. The summed E-state index contributed by atoms with van der Waals surface area (Å²) in [5, 5.41) is 11.4. The van der Waals surface area contributed by atoms with Crippen LogP contribution in [0.4, 0.5) is 10.5 Å². The van der Waals surface area contributed by atoms with E-state index in [4.69, 9.17) is 21.4 Å². The van der Waals surface area contributed by atoms with Gasteiger partial charge in [0, 0.05) is 0 Å². The van der Waals surface area contributed by atoms with Gasteiger partial charge in [0.05, 0.1) is 16.3 Å². The highest BCUT2D eigenvalue weighted by molar-refractivity contribution is 6.34. The van der Waals surface area contributed by atoms with Crippen molar-refractivity contribution in [2.45, 2.75) is 6.92 Å². The number of aryl methyl sites for hydroxylation is 1. The van der Waals surface area contributed by atoms with Crippen LogP contribution in [0.1, 0.15) is 15.9 Å². The molecule has 1 aromatic rings. The minimum absolute atomic E-state index is 0.0579. The molecule has 6 heteroatoms. The number of carbonyl (C=O) groups excluding carboxylic acids is 1. The van der Waals surface area contributed by atoms with Crippen LogP contribution in [-0.4, -0.2) is 23.8 Å². The lowest BCUT2D eigenvalue weighted by atomic mass is 10.1. The Hall–Kier alpha value is -2.01. The van der Waals surface area contributed by atoms with Crippen molar-refractivity contribution in [3.63, 3.8) is 0 Å². The molecule has 0 heterocycles. The van der Waals surface area contributed by atoms with E-state index in [1.807, 2.05) is 0 Å². The maximum Gasteiger partial charge on any atom is 0.411 e. The minimum atomic E-state index is -1.08. The molecule has 5 nitrogen and oxygen atoms in total. The number of nitrogens with one attached hydrogen (secondary N) is 1. The molecule has 0 saturated heterocycles. The van der Waals surface area contributed by atoms with Crippen LogP contribution in [0.3, 0.4) is 0 Å². The number of carboxylic acid groups (broad SMARTS) is 1. The van der Waals surface area contributed by atoms with Crippen LogP contribution in [0, 0.1) is 6.92 Å². The number of halogens is 1. The topological polar surface area (TPSA) is 75.6 Å². The van der Waals surface area contributed by atoms with E-state index in [9.17, 15) is 9.59 Å². The largest absolute Gasteiger partial charge is 0.478 e. The average Bonchev–Trinajstić information content (AvgIpc) is 2.30. The lowest BCUT2D eigenvalue weighted by molar-refractivity contribution is 0.0697. The van der Waals surface area contributed by atoms with E-state index in [-0.39, 0.29) is 17.2 Å². The normalized spacial score (nSPS) is 9.67. The van der Waals surface area contributed by atoms with Crippen molar-refractivity contribution < 1.29 is 19.4 Å². The van der Waals surface area contributed by atoms with Gasteiger partial charge in [-0.3, -0.25) is 5.32 Å². The number of benzene rings is 1. The predicted octanol–water partition coefficient (Wildman–Crippen LogP) is 3.08. The average molecular weight is 270 g/mol.